The second-order valence-electron chi connectivity index (χ2n) is 9.36. The Hall–Kier alpha value is -2.19. The van der Waals surface area contributed by atoms with Crippen LogP contribution in [0.4, 0.5) is 5.69 Å². The maximum Gasteiger partial charge on any atom is 0.121 e. The molecule has 3 rings (SSSR count). The van der Waals surface area contributed by atoms with Crippen LogP contribution in [0.5, 0.6) is 5.75 Å². The van der Waals surface area contributed by atoms with Gasteiger partial charge in [-0.25, -0.2) is 0 Å². The first-order valence-electron chi connectivity index (χ1n) is 15.7. The minimum absolute atomic E-state index is 0.819. The Morgan fingerprint density at radius 3 is 1.73 bits per heavy atom. The second kappa shape index (κ2) is 29.8. The van der Waals surface area contributed by atoms with E-state index in [9.17, 15) is 0 Å². The summed E-state index contributed by atoms with van der Waals surface area (Å²) in [5, 5.41) is 0.887. The van der Waals surface area contributed by atoms with E-state index in [-0.39, 0.29) is 0 Å². The van der Waals surface area contributed by atoms with Crippen molar-refractivity contribution < 1.29 is 4.74 Å². The van der Waals surface area contributed by atoms with E-state index in [0.717, 1.165) is 54.3 Å². The molecule has 0 fully saturated rings. The van der Waals surface area contributed by atoms with Gasteiger partial charge in [-0.05, 0) is 62.8 Å². The fourth-order valence-electron chi connectivity index (χ4n) is 3.41. The number of allylic oxidation sites excluding steroid dienone is 1. The first kappa shape index (κ1) is 42.3. The van der Waals surface area contributed by atoms with Crippen LogP contribution in [0, 0.1) is 13.8 Å². The molecule has 0 radical (unpaired) electrons. The number of nitrogens with zero attached hydrogens (tertiary/aromatic N) is 1. The van der Waals surface area contributed by atoms with Gasteiger partial charge in [-0.2, -0.15) is 0 Å². The van der Waals surface area contributed by atoms with Gasteiger partial charge < -0.3 is 9.64 Å². The van der Waals surface area contributed by atoms with Crippen LogP contribution in [0.1, 0.15) is 123 Å². The zero-order valence-corrected chi connectivity index (χ0v) is 28.9. The van der Waals surface area contributed by atoms with E-state index in [4.69, 9.17) is 16.3 Å². The first-order chi connectivity index (χ1) is 19.3. The van der Waals surface area contributed by atoms with Crippen molar-refractivity contribution in [2.45, 2.75) is 127 Å². The van der Waals surface area contributed by atoms with Gasteiger partial charge in [0.25, 0.3) is 0 Å². The van der Waals surface area contributed by atoms with Gasteiger partial charge in [-0.1, -0.05) is 129 Å². The Balaban J connectivity index is -0.000000541. The SMILES string of the molecule is C=C.C=C1CCc2ccc(OCCCCC)cc2N1CC.CC.CCCC.CCCC.Cc1cccc(C)c1Cl. The van der Waals surface area contributed by atoms with Crippen molar-refractivity contribution >= 4 is 17.3 Å². The highest BCUT2D eigenvalue weighted by molar-refractivity contribution is 6.32. The van der Waals surface area contributed by atoms with Crippen LogP contribution >= 0.6 is 11.6 Å². The van der Waals surface area contributed by atoms with E-state index >= 15 is 0 Å². The van der Waals surface area contributed by atoms with Crippen LogP contribution in [0.25, 0.3) is 0 Å². The summed E-state index contributed by atoms with van der Waals surface area (Å²) < 4.78 is 5.85. The molecule has 40 heavy (non-hydrogen) atoms. The number of halogens is 1. The topological polar surface area (TPSA) is 12.5 Å². The van der Waals surface area contributed by atoms with Crippen LogP contribution in [0.15, 0.2) is 61.8 Å². The van der Waals surface area contributed by atoms with Gasteiger partial charge in [-0.15, -0.1) is 13.2 Å². The molecule has 0 saturated heterocycles. The number of unbranched alkanes of at least 4 members (excludes halogenated alkanes) is 4. The van der Waals surface area contributed by atoms with Crippen LogP contribution in [-0.2, 0) is 6.42 Å². The summed E-state index contributed by atoms with van der Waals surface area (Å²) in [5.74, 6) is 0.989. The van der Waals surface area contributed by atoms with E-state index < -0.39 is 0 Å². The van der Waals surface area contributed by atoms with Crippen molar-refractivity contribution in [1.82, 2.24) is 0 Å². The van der Waals surface area contributed by atoms with E-state index in [0.29, 0.717) is 0 Å². The van der Waals surface area contributed by atoms with Crippen molar-refractivity contribution in [2.24, 2.45) is 0 Å². The molecule has 0 atom stereocenters. The molecule has 0 aliphatic carbocycles. The van der Waals surface area contributed by atoms with E-state index in [1.165, 1.54) is 55.5 Å². The normalized spacial score (nSPS) is 10.8. The average Bonchev–Trinajstić information content (AvgIpc) is 3.00. The van der Waals surface area contributed by atoms with E-state index in [1.54, 1.807) is 0 Å². The Labute approximate surface area is 255 Å². The predicted octanol–water partition coefficient (Wildman–Crippen LogP) is 12.9. The summed E-state index contributed by atoms with van der Waals surface area (Å²) in [6.45, 7) is 33.1. The zero-order chi connectivity index (χ0) is 31.3. The molecule has 1 aliphatic rings. The highest BCUT2D eigenvalue weighted by Gasteiger charge is 2.19. The first-order valence-corrected chi connectivity index (χ1v) is 16.1. The fraction of sp³-hybridized carbons (Fsp3) is 0.568. The summed E-state index contributed by atoms with van der Waals surface area (Å²) >= 11 is 5.88. The molecule has 0 aromatic heterocycles. The summed E-state index contributed by atoms with van der Waals surface area (Å²) in [6.07, 6.45) is 11.1. The monoisotopic (exact) mass is 573 g/mol. The number of rotatable bonds is 8. The van der Waals surface area contributed by atoms with Gasteiger partial charge in [0.05, 0.1) is 6.61 Å². The highest BCUT2D eigenvalue weighted by Crippen LogP contribution is 2.34. The third-order valence-corrected chi connectivity index (χ3v) is 6.73. The number of hydrogen-bond acceptors (Lipinski definition) is 2. The minimum Gasteiger partial charge on any atom is -0.494 e. The van der Waals surface area contributed by atoms with Crippen LogP contribution in [0.2, 0.25) is 5.02 Å². The Morgan fingerprint density at radius 1 is 0.775 bits per heavy atom. The highest BCUT2D eigenvalue weighted by atomic mass is 35.5. The maximum absolute atomic E-state index is 5.88. The standard InChI is InChI=1S/C17H25NO.C8H9Cl.2C4H10.C2H6.C2H4/c1-4-6-7-12-19-16-11-10-15-9-8-14(3)18(5-2)17(15)13-16;1-6-4-3-5-7(2)8(6)9;2*1-3-4-2;2*1-2/h10-11,13H,3-9,12H2,1-2H3;3-5H,1-2H3;2*3-4H2,1-2H3;1-2H3;1-2H2. The predicted molar refractivity (Wildman–Crippen MR) is 187 cm³/mol. The van der Waals surface area contributed by atoms with Gasteiger partial charge in [-0.3, -0.25) is 0 Å². The number of hydrogen-bond donors (Lipinski definition) is 0. The van der Waals surface area contributed by atoms with Gasteiger partial charge in [0, 0.05) is 29.0 Å². The van der Waals surface area contributed by atoms with Crippen LogP contribution in [0.3, 0.4) is 0 Å². The molecule has 1 aliphatic heterocycles. The summed E-state index contributed by atoms with van der Waals surface area (Å²) in [4.78, 5) is 2.30. The lowest BCUT2D eigenvalue weighted by atomic mass is 9.99. The third kappa shape index (κ3) is 19.0. The zero-order valence-electron chi connectivity index (χ0n) is 28.1. The average molecular weight is 574 g/mol. The van der Waals surface area contributed by atoms with Crippen molar-refractivity contribution in [3.8, 4) is 5.75 Å². The lowest BCUT2D eigenvalue weighted by molar-refractivity contribution is 0.306. The molecule has 1 heterocycles. The molecule has 230 valence electrons. The smallest absolute Gasteiger partial charge is 0.121 e. The quantitative estimate of drug-likeness (QED) is 0.230. The van der Waals surface area contributed by atoms with Gasteiger partial charge >= 0.3 is 0 Å². The summed E-state index contributed by atoms with van der Waals surface area (Å²) in [7, 11) is 0. The van der Waals surface area contributed by atoms with Crippen LogP contribution < -0.4 is 9.64 Å². The lowest BCUT2D eigenvalue weighted by Crippen LogP contribution is -2.26. The number of ether oxygens (including phenoxy) is 1. The molecule has 3 heteroatoms. The van der Waals surface area contributed by atoms with E-state index in [2.05, 4.69) is 84.4 Å². The lowest BCUT2D eigenvalue weighted by Gasteiger charge is -2.32. The number of anilines is 1. The van der Waals surface area contributed by atoms with Crippen molar-refractivity contribution in [3.05, 3.63) is 83.5 Å². The maximum atomic E-state index is 5.88. The van der Waals surface area contributed by atoms with Crippen molar-refractivity contribution in [3.63, 3.8) is 0 Å². The van der Waals surface area contributed by atoms with Gasteiger partial charge in [0.2, 0.25) is 0 Å². The Bertz CT molecular complexity index is 833. The number of fused-ring (bicyclic) bond motifs is 1. The molecular formula is C37H64ClNO. The Kier molecular flexibility index (Phi) is 31.5. The van der Waals surface area contributed by atoms with Gasteiger partial charge in [0.15, 0.2) is 0 Å². The molecular weight excluding hydrogens is 510 g/mol. The second-order valence-corrected chi connectivity index (χ2v) is 9.74. The molecule has 0 unspecified atom stereocenters. The molecule has 0 amide bonds. The molecule has 0 N–H and O–H groups in total. The summed E-state index contributed by atoms with van der Waals surface area (Å²) in [6, 6.07) is 12.5. The Morgan fingerprint density at radius 2 is 1.30 bits per heavy atom. The number of aryl methyl sites for hydroxylation is 3. The molecule has 2 aromatic carbocycles. The molecule has 0 saturated carbocycles. The fourth-order valence-corrected chi connectivity index (χ4v) is 3.54. The minimum atomic E-state index is 0.819. The van der Waals surface area contributed by atoms with Gasteiger partial charge in [0.1, 0.15) is 5.75 Å². The third-order valence-electron chi connectivity index (χ3n) is 6.13. The summed E-state index contributed by atoms with van der Waals surface area (Å²) in [5.41, 5.74) is 6.22. The molecule has 2 aromatic rings. The van der Waals surface area contributed by atoms with Crippen molar-refractivity contribution in [2.75, 3.05) is 18.1 Å². The van der Waals surface area contributed by atoms with Crippen LogP contribution in [-0.4, -0.2) is 13.2 Å². The van der Waals surface area contributed by atoms with E-state index in [1.807, 2.05) is 45.9 Å². The largest absolute Gasteiger partial charge is 0.494 e. The number of benzene rings is 2. The molecule has 2 nitrogen and oxygen atoms in total. The van der Waals surface area contributed by atoms with Crippen molar-refractivity contribution in [1.29, 1.82) is 0 Å². The molecule has 0 bridgehead atoms. The molecule has 0 spiro atoms.